The van der Waals surface area contributed by atoms with Crippen molar-refractivity contribution in [2.45, 2.75) is 13.8 Å². The molecule has 1 N–H and O–H groups in total. The van der Waals surface area contributed by atoms with Gasteiger partial charge in [0, 0.05) is 13.0 Å². The van der Waals surface area contributed by atoms with Gasteiger partial charge in [0.15, 0.2) is 0 Å². The average molecular weight is 203 g/mol. The van der Waals surface area contributed by atoms with Gasteiger partial charge in [-0.25, -0.2) is 0 Å². The standard InChI is InChI=1S/C12H13NO2/c1-9-3-5-11(6-4-9)7-8-12(15)13-10(2)14/h3-8H,1-2H3,(H,13,14,15)/b8-7+. The molecule has 1 rings (SSSR count). The molecule has 15 heavy (non-hydrogen) atoms. The maximum atomic E-state index is 11.1. The smallest absolute Gasteiger partial charge is 0.250 e. The van der Waals surface area contributed by atoms with E-state index in [2.05, 4.69) is 5.32 Å². The highest BCUT2D eigenvalue weighted by atomic mass is 16.2. The zero-order valence-corrected chi connectivity index (χ0v) is 8.78. The zero-order valence-electron chi connectivity index (χ0n) is 8.78. The molecule has 1 aromatic carbocycles. The third-order valence-corrected chi connectivity index (χ3v) is 1.80. The van der Waals surface area contributed by atoms with Crippen LogP contribution in [0, 0.1) is 6.92 Å². The van der Waals surface area contributed by atoms with Gasteiger partial charge in [-0.1, -0.05) is 29.8 Å². The first kappa shape index (κ1) is 11.2. The fraction of sp³-hybridized carbons (Fsp3) is 0.167. The third-order valence-electron chi connectivity index (χ3n) is 1.80. The lowest BCUT2D eigenvalue weighted by Crippen LogP contribution is -2.25. The first-order valence-corrected chi connectivity index (χ1v) is 4.64. The molecule has 0 bridgehead atoms. The quantitative estimate of drug-likeness (QED) is 0.743. The Kier molecular flexibility index (Phi) is 3.80. The molecule has 0 aromatic heterocycles. The molecule has 3 nitrogen and oxygen atoms in total. The van der Waals surface area contributed by atoms with Crippen molar-refractivity contribution in [1.29, 1.82) is 0 Å². The van der Waals surface area contributed by atoms with E-state index in [4.69, 9.17) is 0 Å². The minimum Gasteiger partial charge on any atom is -0.293 e. The molecule has 0 fully saturated rings. The van der Waals surface area contributed by atoms with Gasteiger partial charge in [-0.2, -0.15) is 0 Å². The molecule has 0 unspecified atom stereocenters. The monoisotopic (exact) mass is 203 g/mol. The highest BCUT2D eigenvalue weighted by Crippen LogP contribution is 2.04. The van der Waals surface area contributed by atoms with Gasteiger partial charge in [0.25, 0.3) is 5.91 Å². The van der Waals surface area contributed by atoms with E-state index in [0.29, 0.717) is 0 Å². The van der Waals surface area contributed by atoms with Crippen molar-refractivity contribution >= 4 is 17.9 Å². The van der Waals surface area contributed by atoms with E-state index in [1.807, 2.05) is 31.2 Å². The Hall–Kier alpha value is -1.90. The summed E-state index contributed by atoms with van der Waals surface area (Å²) in [5.74, 6) is -0.753. The van der Waals surface area contributed by atoms with Crippen molar-refractivity contribution in [2.75, 3.05) is 0 Å². The Morgan fingerprint density at radius 3 is 2.33 bits per heavy atom. The molecule has 3 heteroatoms. The van der Waals surface area contributed by atoms with Crippen LogP contribution in [0.15, 0.2) is 30.3 Å². The van der Waals surface area contributed by atoms with Crippen molar-refractivity contribution in [3.05, 3.63) is 41.5 Å². The molecule has 0 heterocycles. The van der Waals surface area contributed by atoms with Gasteiger partial charge in [0.05, 0.1) is 0 Å². The van der Waals surface area contributed by atoms with E-state index >= 15 is 0 Å². The molecule has 0 atom stereocenters. The summed E-state index contributed by atoms with van der Waals surface area (Å²) in [6, 6.07) is 7.74. The van der Waals surface area contributed by atoms with Gasteiger partial charge in [0.2, 0.25) is 5.91 Å². The molecule has 0 radical (unpaired) electrons. The van der Waals surface area contributed by atoms with Gasteiger partial charge < -0.3 is 0 Å². The number of benzene rings is 1. The number of amides is 2. The molecular formula is C12H13NO2. The van der Waals surface area contributed by atoms with Gasteiger partial charge in [-0.3, -0.25) is 14.9 Å². The summed E-state index contributed by atoms with van der Waals surface area (Å²) >= 11 is 0. The lowest BCUT2D eigenvalue weighted by molar-refractivity contribution is -0.126. The van der Waals surface area contributed by atoms with Crippen molar-refractivity contribution in [3.63, 3.8) is 0 Å². The second kappa shape index (κ2) is 5.10. The van der Waals surface area contributed by atoms with Crippen LogP contribution in [0.3, 0.4) is 0 Å². The van der Waals surface area contributed by atoms with Crippen LogP contribution in [-0.2, 0) is 9.59 Å². The molecule has 0 aliphatic rings. The molecule has 2 amide bonds. The van der Waals surface area contributed by atoms with Crippen LogP contribution in [-0.4, -0.2) is 11.8 Å². The Bertz CT molecular complexity index is 391. The molecule has 0 saturated carbocycles. The van der Waals surface area contributed by atoms with E-state index in [1.165, 1.54) is 18.6 Å². The lowest BCUT2D eigenvalue weighted by atomic mass is 10.1. The number of imide groups is 1. The zero-order chi connectivity index (χ0) is 11.3. The Balaban J connectivity index is 2.61. The topological polar surface area (TPSA) is 46.2 Å². The van der Waals surface area contributed by atoms with Gasteiger partial charge in [-0.05, 0) is 18.6 Å². The predicted octanol–water partition coefficient (Wildman–Crippen LogP) is 1.67. The molecule has 0 aliphatic heterocycles. The lowest BCUT2D eigenvalue weighted by Gasteiger charge is -1.95. The second-order valence-electron chi connectivity index (χ2n) is 3.29. The summed E-state index contributed by atoms with van der Waals surface area (Å²) in [4.78, 5) is 21.6. The fourth-order valence-corrected chi connectivity index (χ4v) is 1.06. The molecule has 78 valence electrons. The summed E-state index contributed by atoms with van der Waals surface area (Å²) in [7, 11) is 0. The highest BCUT2D eigenvalue weighted by molar-refractivity contribution is 6.02. The van der Waals surface area contributed by atoms with Gasteiger partial charge >= 0.3 is 0 Å². The van der Waals surface area contributed by atoms with Crippen molar-refractivity contribution in [2.24, 2.45) is 0 Å². The summed E-state index contributed by atoms with van der Waals surface area (Å²) in [6.45, 7) is 3.30. The number of carbonyl (C=O) groups excluding carboxylic acids is 2. The highest BCUT2D eigenvalue weighted by Gasteiger charge is 1.96. The average Bonchev–Trinajstić information content (AvgIpc) is 2.16. The fourth-order valence-electron chi connectivity index (χ4n) is 1.06. The molecule has 0 aliphatic carbocycles. The first-order valence-electron chi connectivity index (χ1n) is 4.64. The number of nitrogens with one attached hydrogen (secondary N) is 1. The largest absolute Gasteiger partial charge is 0.293 e. The Morgan fingerprint density at radius 1 is 1.20 bits per heavy atom. The maximum Gasteiger partial charge on any atom is 0.250 e. The van der Waals surface area contributed by atoms with E-state index in [9.17, 15) is 9.59 Å². The summed E-state index contributed by atoms with van der Waals surface area (Å²) in [6.07, 6.45) is 3.00. The predicted molar refractivity (Wildman–Crippen MR) is 59.0 cm³/mol. The Morgan fingerprint density at radius 2 is 1.80 bits per heavy atom. The second-order valence-corrected chi connectivity index (χ2v) is 3.29. The van der Waals surface area contributed by atoms with Gasteiger partial charge in [0.1, 0.15) is 0 Å². The van der Waals surface area contributed by atoms with Crippen LogP contribution >= 0.6 is 0 Å². The number of rotatable bonds is 2. The van der Waals surface area contributed by atoms with Crippen LogP contribution in [0.1, 0.15) is 18.1 Å². The van der Waals surface area contributed by atoms with Gasteiger partial charge in [-0.15, -0.1) is 0 Å². The number of aryl methyl sites for hydroxylation is 1. The van der Waals surface area contributed by atoms with Crippen LogP contribution < -0.4 is 5.32 Å². The van der Waals surface area contributed by atoms with Crippen LogP contribution in [0.5, 0.6) is 0 Å². The minimum atomic E-state index is -0.400. The van der Waals surface area contributed by atoms with E-state index in [1.54, 1.807) is 6.08 Å². The van der Waals surface area contributed by atoms with Crippen LogP contribution in [0.2, 0.25) is 0 Å². The maximum absolute atomic E-state index is 11.1. The van der Waals surface area contributed by atoms with E-state index < -0.39 is 5.91 Å². The number of hydrogen-bond acceptors (Lipinski definition) is 2. The number of hydrogen-bond donors (Lipinski definition) is 1. The van der Waals surface area contributed by atoms with Crippen LogP contribution in [0.4, 0.5) is 0 Å². The van der Waals surface area contributed by atoms with Crippen molar-refractivity contribution in [1.82, 2.24) is 5.32 Å². The SMILES string of the molecule is CC(=O)NC(=O)/C=C/c1ccc(C)cc1. The minimum absolute atomic E-state index is 0.353. The summed E-state index contributed by atoms with van der Waals surface area (Å²) < 4.78 is 0. The molecule has 0 saturated heterocycles. The number of carbonyl (C=O) groups is 2. The van der Waals surface area contributed by atoms with Crippen molar-refractivity contribution < 1.29 is 9.59 Å². The Labute approximate surface area is 88.8 Å². The van der Waals surface area contributed by atoms with E-state index in [-0.39, 0.29) is 5.91 Å². The van der Waals surface area contributed by atoms with E-state index in [0.717, 1.165) is 5.56 Å². The molecule has 0 spiro atoms. The first-order chi connectivity index (χ1) is 7.08. The van der Waals surface area contributed by atoms with Crippen LogP contribution in [0.25, 0.3) is 6.08 Å². The third kappa shape index (κ3) is 4.22. The summed E-state index contributed by atoms with van der Waals surface area (Å²) in [5, 5.41) is 2.16. The summed E-state index contributed by atoms with van der Waals surface area (Å²) in [5.41, 5.74) is 2.10. The normalized spacial score (nSPS) is 10.3. The molecular weight excluding hydrogens is 190 g/mol. The van der Waals surface area contributed by atoms with Crippen molar-refractivity contribution in [3.8, 4) is 0 Å². The molecule has 1 aromatic rings.